The zero-order chi connectivity index (χ0) is 21.5. The molecule has 0 bridgehead atoms. The molecule has 0 saturated heterocycles. The molecule has 1 aliphatic carbocycles. The van der Waals surface area contributed by atoms with Crippen LogP contribution in [-0.4, -0.2) is 16.2 Å². The molecule has 0 aliphatic heterocycles. The molecule has 6 heteroatoms. The molecule has 2 aromatic heterocycles. The van der Waals surface area contributed by atoms with Crippen molar-refractivity contribution < 1.29 is 4.74 Å². The van der Waals surface area contributed by atoms with Crippen LogP contribution in [0.3, 0.4) is 0 Å². The Morgan fingerprint density at radius 2 is 1.84 bits per heavy atom. The standard InChI is InChI=1S/C25H24N2O3S/c1-16-8-3-4-9-17(16)15-26-24-22(20-12-5-6-13-21(20)31-24)23(28)27(25(26)29)18-10-7-11-19(14-18)30-2/h3-4,7-11,14H,5-6,12-13,15H2,1-2H3. The van der Waals surface area contributed by atoms with Gasteiger partial charge >= 0.3 is 5.69 Å². The minimum Gasteiger partial charge on any atom is -0.497 e. The maximum absolute atomic E-state index is 13.7. The van der Waals surface area contributed by atoms with Crippen molar-refractivity contribution in [2.45, 2.75) is 39.2 Å². The number of hydrogen-bond acceptors (Lipinski definition) is 4. The first-order chi connectivity index (χ1) is 15.1. The lowest BCUT2D eigenvalue weighted by Gasteiger charge is -2.15. The van der Waals surface area contributed by atoms with E-state index in [0.717, 1.165) is 47.2 Å². The van der Waals surface area contributed by atoms with Gasteiger partial charge in [-0.05, 0) is 61.4 Å². The average Bonchev–Trinajstić information content (AvgIpc) is 3.18. The van der Waals surface area contributed by atoms with Crippen molar-refractivity contribution in [3.05, 3.63) is 90.9 Å². The van der Waals surface area contributed by atoms with Gasteiger partial charge in [0.15, 0.2) is 0 Å². The van der Waals surface area contributed by atoms with E-state index in [2.05, 4.69) is 13.0 Å². The summed E-state index contributed by atoms with van der Waals surface area (Å²) in [5, 5.41) is 0.704. The number of nitrogens with zero attached hydrogens (tertiary/aromatic N) is 2. The highest BCUT2D eigenvalue weighted by atomic mass is 32.1. The van der Waals surface area contributed by atoms with Crippen molar-refractivity contribution in [2.75, 3.05) is 7.11 Å². The van der Waals surface area contributed by atoms with E-state index in [1.165, 1.54) is 9.44 Å². The zero-order valence-electron chi connectivity index (χ0n) is 17.7. The van der Waals surface area contributed by atoms with Crippen LogP contribution in [0.25, 0.3) is 15.9 Å². The molecule has 5 rings (SSSR count). The van der Waals surface area contributed by atoms with Gasteiger partial charge in [0.05, 0.1) is 24.7 Å². The Labute approximate surface area is 184 Å². The van der Waals surface area contributed by atoms with Crippen LogP contribution in [0, 0.1) is 6.92 Å². The molecule has 5 nitrogen and oxygen atoms in total. The van der Waals surface area contributed by atoms with Gasteiger partial charge in [-0.2, -0.15) is 0 Å². The topological polar surface area (TPSA) is 53.2 Å². The Kier molecular flexibility index (Phi) is 5.02. The van der Waals surface area contributed by atoms with Crippen LogP contribution >= 0.6 is 11.3 Å². The summed E-state index contributed by atoms with van der Waals surface area (Å²) in [5.41, 5.74) is 3.33. The predicted molar refractivity (Wildman–Crippen MR) is 125 cm³/mol. The summed E-state index contributed by atoms with van der Waals surface area (Å²) in [6.07, 6.45) is 4.08. The van der Waals surface area contributed by atoms with Crippen LogP contribution in [-0.2, 0) is 19.4 Å². The fourth-order valence-corrected chi connectivity index (χ4v) is 5.82. The summed E-state index contributed by atoms with van der Waals surface area (Å²) in [5.74, 6) is 0.613. The molecule has 0 amide bonds. The van der Waals surface area contributed by atoms with E-state index in [4.69, 9.17) is 4.74 Å². The first-order valence-corrected chi connectivity index (χ1v) is 11.4. The molecule has 2 heterocycles. The molecule has 158 valence electrons. The monoisotopic (exact) mass is 432 g/mol. The van der Waals surface area contributed by atoms with E-state index in [1.54, 1.807) is 41.2 Å². The number of methoxy groups -OCH3 is 1. The second-order valence-corrected chi connectivity index (χ2v) is 9.11. The molecule has 0 fully saturated rings. The third-order valence-electron chi connectivity index (χ3n) is 6.14. The lowest BCUT2D eigenvalue weighted by atomic mass is 9.97. The summed E-state index contributed by atoms with van der Waals surface area (Å²) in [4.78, 5) is 29.4. The minimum atomic E-state index is -0.312. The van der Waals surface area contributed by atoms with Crippen molar-refractivity contribution in [3.8, 4) is 11.4 Å². The molecule has 0 N–H and O–H groups in total. The third-order valence-corrected chi connectivity index (χ3v) is 7.45. The summed E-state index contributed by atoms with van der Waals surface area (Å²) in [6, 6.07) is 15.2. The Balaban J connectivity index is 1.84. The number of aromatic nitrogens is 2. The molecular weight excluding hydrogens is 408 g/mol. The average molecular weight is 433 g/mol. The number of aryl methyl sites for hydroxylation is 3. The van der Waals surface area contributed by atoms with Crippen molar-refractivity contribution >= 4 is 21.6 Å². The maximum Gasteiger partial charge on any atom is 0.337 e. The van der Waals surface area contributed by atoms with Crippen LogP contribution in [0.15, 0.2) is 58.1 Å². The van der Waals surface area contributed by atoms with Crippen LogP contribution in [0.4, 0.5) is 0 Å². The molecule has 4 aromatic rings. The summed E-state index contributed by atoms with van der Waals surface area (Å²) in [6.45, 7) is 2.49. The van der Waals surface area contributed by atoms with E-state index in [-0.39, 0.29) is 11.2 Å². The molecule has 2 aromatic carbocycles. The number of thiophene rings is 1. The number of hydrogen-bond donors (Lipinski definition) is 0. The zero-order valence-corrected chi connectivity index (χ0v) is 18.5. The van der Waals surface area contributed by atoms with Gasteiger partial charge in [0.25, 0.3) is 5.56 Å². The summed E-state index contributed by atoms with van der Waals surface area (Å²) < 4.78 is 8.43. The molecule has 0 radical (unpaired) electrons. The Morgan fingerprint density at radius 1 is 1.03 bits per heavy atom. The van der Waals surface area contributed by atoms with Crippen molar-refractivity contribution in [3.63, 3.8) is 0 Å². The molecule has 0 atom stereocenters. The second-order valence-electron chi connectivity index (χ2n) is 8.03. The fourth-order valence-electron chi connectivity index (χ4n) is 4.44. The normalized spacial score (nSPS) is 13.4. The van der Waals surface area contributed by atoms with Gasteiger partial charge in [-0.25, -0.2) is 9.36 Å². The van der Waals surface area contributed by atoms with E-state index in [9.17, 15) is 9.59 Å². The number of benzene rings is 2. The Bertz CT molecular complexity index is 1410. The van der Waals surface area contributed by atoms with E-state index < -0.39 is 0 Å². The van der Waals surface area contributed by atoms with Gasteiger partial charge in [-0.15, -0.1) is 11.3 Å². The molecule has 0 saturated carbocycles. The van der Waals surface area contributed by atoms with Crippen molar-refractivity contribution in [1.29, 1.82) is 0 Å². The van der Waals surface area contributed by atoms with E-state index in [0.29, 0.717) is 23.4 Å². The predicted octanol–water partition coefficient (Wildman–Crippen LogP) is 4.46. The summed E-state index contributed by atoms with van der Waals surface area (Å²) >= 11 is 1.62. The molecule has 0 spiro atoms. The van der Waals surface area contributed by atoms with Gasteiger partial charge in [0.1, 0.15) is 10.6 Å². The quantitative estimate of drug-likeness (QED) is 0.479. The highest BCUT2D eigenvalue weighted by molar-refractivity contribution is 7.18. The molecule has 31 heavy (non-hydrogen) atoms. The number of fused-ring (bicyclic) bond motifs is 3. The van der Waals surface area contributed by atoms with Crippen LogP contribution < -0.4 is 16.0 Å². The minimum absolute atomic E-state index is 0.228. The summed E-state index contributed by atoms with van der Waals surface area (Å²) in [7, 11) is 1.58. The lowest BCUT2D eigenvalue weighted by molar-refractivity contribution is 0.414. The second kappa shape index (κ2) is 7.85. The van der Waals surface area contributed by atoms with E-state index >= 15 is 0 Å². The van der Waals surface area contributed by atoms with Crippen LogP contribution in [0.1, 0.15) is 34.4 Å². The smallest absolute Gasteiger partial charge is 0.337 e. The SMILES string of the molecule is COc1cccc(-n2c(=O)c3c4c(sc3n(Cc3ccccc3C)c2=O)CCCC4)c1. The van der Waals surface area contributed by atoms with Gasteiger partial charge in [0, 0.05) is 10.9 Å². The molecule has 1 aliphatic rings. The highest BCUT2D eigenvalue weighted by Gasteiger charge is 2.24. The Morgan fingerprint density at radius 3 is 2.65 bits per heavy atom. The van der Waals surface area contributed by atoms with E-state index in [1.807, 2.05) is 24.3 Å². The van der Waals surface area contributed by atoms with Gasteiger partial charge in [-0.1, -0.05) is 30.3 Å². The van der Waals surface area contributed by atoms with Gasteiger partial charge in [-0.3, -0.25) is 9.36 Å². The maximum atomic E-state index is 13.7. The number of ether oxygens (including phenoxy) is 1. The first kappa shape index (κ1) is 19.8. The highest BCUT2D eigenvalue weighted by Crippen LogP contribution is 2.34. The van der Waals surface area contributed by atoms with Crippen molar-refractivity contribution in [2.24, 2.45) is 0 Å². The van der Waals surface area contributed by atoms with Crippen LogP contribution in [0.2, 0.25) is 0 Å². The number of rotatable bonds is 4. The van der Waals surface area contributed by atoms with Crippen LogP contribution in [0.5, 0.6) is 5.75 Å². The molecular formula is C25H24N2O3S. The van der Waals surface area contributed by atoms with Crippen molar-refractivity contribution in [1.82, 2.24) is 9.13 Å². The lowest BCUT2D eigenvalue weighted by Crippen LogP contribution is -2.39. The molecule has 0 unspecified atom stereocenters. The third kappa shape index (κ3) is 3.31. The van der Waals surface area contributed by atoms with Gasteiger partial charge in [0.2, 0.25) is 0 Å². The van der Waals surface area contributed by atoms with Gasteiger partial charge < -0.3 is 4.74 Å². The Hall–Kier alpha value is -3.12. The fraction of sp³-hybridized carbons (Fsp3) is 0.280. The first-order valence-electron chi connectivity index (χ1n) is 10.6. The largest absolute Gasteiger partial charge is 0.497 e.